The highest BCUT2D eigenvalue weighted by atomic mass is 35.5. The number of benzene rings is 2. The average Bonchev–Trinajstić information content (AvgIpc) is 2.54. The van der Waals surface area contributed by atoms with Crippen LogP contribution in [-0.2, 0) is 4.79 Å². The van der Waals surface area contributed by atoms with E-state index in [-0.39, 0.29) is 18.4 Å². The van der Waals surface area contributed by atoms with Crippen LogP contribution in [-0.4, -0.2) is 37.4 Å². The van der Waals surface area contributed by atoms with Gasteiger partial charge in [0.15, 0.2) is 0 Å². The van der Waals surface area contributed by atoms with Crippen LogP contribution in [0.3, 0.4) is 0 Å². The fraction of sp³-hybridized carbons (Fsp3) is 0.222. The molecule has 0 aliphatic carbocycles. The van der Waals surface area contributed by atoms with Crippen molar-refractivity contribution in [2.45, 2.75) is 6.92 Å². The Balaban J connectivity index is 2.08. The number of para-hydroxylation sites is 1. The Morgan fingerprint density at radius 2 is 1.79 bits per heavy atom. The topological polar surface area (TPSA) is 61.4 Å². The molecule has 0 spiro atoms. The van der Waals surface area contributed by atoms with Crippen molar-refractivity contribution in [3.05, 3.63) is 58.6 Å². The first-order chi connectivity index (χ1) is 11.4. The maximum atomic E-state index is 12.2. The Morgan fingerprint density at radius 1 is 1.08 bits per heavy atom. The van der Waals surface area contributed by atoms with Crippen molar-refractivity contribution in [3.8, 4) is 0 Å². The third kappa shape index (κ3) is 4.49. The van der Waals surface area contributed by atoms with Crippen molar-refractivity contribution < 1.29 is 9.59 Å². The molecule has 0 fully saturated rings. The quantitative estimate of drug-likeness (QED) is 0.873. The second-order valence-corrected chi connectivity index (χ2v) is 6.04. The number of halogens is 1. The summed E-state index contributed by atoms with van der Waals surface area (Å²) < 4.78 is 0. The monoisotopic (exact) mass is 345 g/mol. The first kappa shape index (κ1) is 17.8. The van der Waals surface area contributed by atoms with Crippen LogP contribution < -0.4 is 10.6 Å². The summed E-state index contributed by atoms with van der Waals surface area (Å²) in [4.78, 5) is 25.8. The van der Waals surface area contributed by atoms with E-state index < -0.39 is 0 Å². The standard InChI is InChI=1S/C18H20ClN3O2/c1-12-6-4-5-7-15(12)21-17(23)11-20-16-10-13(19)8-9-14(16)18(24)22(2)3/h4-10,20H,11H2,1-3H3,(H,21,23). The molecule has 0 atom stereocenters. The second-order valence-electron chi connectivity index (χ2n) is 5.61. The fourth-order valence-electron chi connectivity index (χ4n) is 2.17. The van der Waals surface area contributed by atoms with Crippen LogP contribution in [0.2, 0.25) is 5.02 Å². The summed E-state index contributed by atoms with van der Waals surface area (Å²) in [5, 5.41) is 6.31. The summed E-state index contributed by atoms with van der Waals surface area (Å²) in [6.45, 7) is 1.95. The number of hydrogen-bond donors (Lipinski definition) is 2. The highest BCUT2D eigenvalue weighted by Crippen LogP contribution is 2.22. The Morgan fingerprint density at radius 3 is 2.46 bits per heavy atom. The van der Waals surface area contributed by atoms with E-state index in [0.29, 0.717) is 16.3 Å². The molecule has 2 N–H and O–H groups in total. The van der Waals surface area contributed by atoms with Gasteiger partial charge in [0.25, 0.3) is 5.91 Å². The Kier molecular flexibility index (Phi) is 5.82. The molecular weight excluding hydrogens is 326 g/mol. The first-order valence-corrected chi connectivity index (χ1v) is 7.87. The molecule has 24 heavy (non-hydrogen) atoms. The van der Waals surface area contributed by atoms with Gasteiger partial charge in [-0.2, -0.15) is 0 Å². The van der Waals surface area contributed by atoms with E-state index in [1.807, 2.05) is 31.2 Å². The Labute approximate surface area is 146 Å². The molecule has 0 saturated heterocycles. The van der Waals surface area contributed by atoms with E-state index in [0.717, 1.165) is 11.3 Å². The van der Waals surface area contributed by atoms with Gasteiger partial charge in [-0.25, -0.2) is 0 Å². The molecule has 0 saturated carbocycles. The molecule has 2 aromatic carbocycles. The predicted octanol–water partition coefficient (Wildman–Crippen LogP) is 3.40. The predicted molar refractivity (Wildman–Crippen MR) is 97.8 cm³/mol. The zero-order chi connectivity index (χ0) is 17.7. The molecule has 0 radical (unpaired) electrons. The molecule has 0 aromatic heterocycles. The molecule has 2 aromatic rings. The second kappa shape index (κ2) is 7.84. The maximum Gasteiger partial charge on any atom is 0.255 e. The van der Waals surface area contributed by atoms with E-state index in [9.17, 15) is 9.59 Å². The zero-order valence-electron chi connectivity index (χ0n) is 13.9. The van der Waals surface area contributed by atoms with Crippen LogP contribution >= 0.6 is 11.6 Å². The van der Waals surface area contributed by atoms with Gasteiger partial charge in [-0.1, -0.05) is 29.8 Å². The first-order valence-electron chi connectivity index (χ1n) is 7.49. The molecule has 0 aliphatic rings. The lowest BCUT2D eigenvalue weighted by atomic mass is 10.1. The summed E-state index contributed by atoms with van der Waals surface area (Å²) in [5.74, 6) is -0.360. The number of aryl methyl sites for hydroxylation is 1. The van der Waals surface area contributed by atoms with Crippen molar-refractivity contribution >= 4 is 34.8 Å². The van der Waals surface area contributed by atoms with Gasteiger partial charge >= 0.3 is 0 Å². The van der Waals surface area contributed by atoms with Crippen molar-refractivity contribution in [1.82, 2.24) is 4.90 Å². The van der Waals surface area contributed by atoms with E-state index in [2.05, 4.69) is 10.6 Å². The molecule has 2 amide bonds. The summed E-state index contributed by atoms with van der Waals surface area (Å²) in [5.41, 5.74) is 2.74. The van der Waals surface area contributed by atoms with Gasteiger partial charge in [-0.15, -0.1) is 0 Å². The number of nitrogens with zero attached hydrogens (tertiary/aromatic N) is 1. The number of amides is 2. The average molecular weight is 346 g/mol. The van der Waals surface area contributed by atoms with E-state index in [1.54, 1.807) is 32.3 Å². The maximum absolute atomic E-state index is 12.2. The molecule has 5 nitrogen and oxygen atoms in total. The molecule has 6 heteroatoms. The van der Waals surface area contributed by atoms with Gasteiger partial charge in [0, 0.05) is 30.5 Å². The van der Waals surface area contributed by atoms with Crippen LogP contribution in [0.5, 0.6) is 0 Å². The lowest BCUT2D eigenvalue weighted by Gasteiger charge is -2.16. The highest BCUT2D eigenvalue weighted by molar-refractivity contribution is 6.31. The van der Waals surface area contributed by atoms with Crippen LogP contribution in [0.15, 0.2) is 42.5 Å². The lowest BCUT2D eigenvalue weighted by molar-refractivity contribution is -0.114. The molecule has 2 rings (SSSR count). The Bertz CT molecular complexity index is 760. The van der Waals surface area contributed by atoms with Crippen LogP contribution in [0.1, 0.15) is 15.9 Å². The van der Waals surface area contributed by atoms with Crippen molar-refractivity contribution in [3.63, 3.8) is 0 Å². The summed E-state index contributed by atoms with van der Waals surface area (Å²) in [6, 6.07) is 12.5. The number of hydrogen-bond acceptors (Lipinski definition) is 3. The SMILES string of the molecule is Cc1ccccc1NC(=O)CNc1cc(Cl)ccc1C(=O)N(C)C. The van der Waals surface area contributed by atoms with Gasteiger partial charge in [-0.05, 0) is 36.8 Å². The van der Waals surface area contributed by atoms with Crippen molar-refractivity contribution in [2.75, 3.05) is 31.3 Å². The number of nitrogens with one attached hydrogen (secondary N) is 2. The van der Waals surface area contributed by atoms with Crippen molar-refractivity contribution in [1.29, 1.82) is 0 Å². The largest absolute Gasteiger partial charge is 0.375 e. The van der Waals surface area contributed by atoms with E-state index in [1.165, 1.54) is 4.90 Å². The van der Waals surface area contributed by atoms with E-state index in [4.69, 9.17) is 11.6 Å². The lowest BCUT2D eigenvalue weighted by Crippen LogP contribution is -2.26. The van der Waals surface area contributed by atoms with Gasteiger partial charge in [0.2, 0.25) is 5.91 Å². The summed E-state index contributed by atoms with van der Waals surface area (Å²) in [6.07, 6.45) is 0. The summed E-state index contributed by atoms with van der Waals surface area (Å²) >= 11 is 6.00. The third-order valence-corrected chi connectivity index (χ3v) is 3.71. The summed E-state index contributed by atoms with van der Waals surface area (Å²) in [7, 11) is 3.34. The zero-order valence-corrected chi connectivity index (χ0v) is 14.6. The van der Waals surface area contributed by atoms with Crippen LogP contribution in [0.4, 0.5) is 11.4 Å². The number of anilines is 2. The minimum absolute atomic E-state index is 0.0301. The number of rotatable bonds is 5. The minimum atomic E-state index is -0.201. The molecule has 0 heterocycles. The Hall–Kier alpha value is -2.53. The fourth-order valence-corrected chi connectivity index (χ4v) is 2.35. The molecule has 0 unspecified atom stereocenters. The van der Waals surface area contributed by atoms with Crippen LogP contribution in [0, 0.1) is 6.92 Å². The van der Waals surface area contributed by atoms with Gasteiger partial charge < -0.3 is 15.5 Å². The van der Waals surface area contributed by atoms with Crippen LogP contribution in [0.25, 0.3) is 0 Å². The van der Waals surface area contributed by atoms with Gasteiger partial charge in [0.05, 0.1) is 12.1 Å². The van der Waals surface area contributed by atoms with Gasteiger partial charge in [-0.3, -0.25) is 9.59 Å². The van der Waals surface area contributed by atoms with Gasteiger partial charge in [0.1, 0.15) is 0 Å². The molecular formula is C18H20ClN3O2. The molecule has 126 valence electrons. The smallest absolute Gasteiger partial charge is 0.255 e. The van der Waals surface area contributed by atoms with E-state index >= 15 is 0 Å². The molecule has 0 aliphatic heterocycles. The third-order valence-electron chi connectivity index (χ3n) is 3.48. The molecule has 0 bridgehead atoms. The normalized spacial score (nSPS) is 10.2. The number of carbonyl (C=O) groups is 2. The highest BCUT2D eigenvalue weighted by Gasteiger charge is 2.14. The van der Waals surface area contributed by atoms with Crippen molar-refractivity contribution in [2.24, 2.45) is 0 Å². The number of carbonyl (C=O) groups excluding carboxylic acids is 2. The minimum Gasteiger partial charge on any atom is -0.375 e.